The quantitative estimate of drug-likeness (QED) is 0.927. The van der Waals surface area contributed by atoms with Crippen LogP contribution in [0, 0.1) is 13.8 Å². The SMILES string of the molecule is COc1ccccc1NC(=O)N1CCC(n2c(C)ccc2C)CC1. The minimum absolute atomic E-state index is 0.0566. The number of piperidine rings is 1. The number of carbonyl (C=O) groups excluding carboxylic acids is 1. The van der Waals surface area contributed by atoms with Crippen molar-refractivity contribution in [1.29, 1.82) is 0 Å². The van der Waals surface area contributed by atoms with Crippen LogP contribution in [0.5, 0.6) is 5.75 Å². The van der Waals surface area contributed by atoms with Gasteiger partial charge in [0.25, 0.3) is 0 Å². The number of amides is 2. The number of methoxy groups -OCH3 is 1. The van der Waals surface area contributed by atoms with E-state index in [0.717, 1.165) is 25.9 Å². The third-order valence-corrected chi connectivity index (χ3v) is 4.79. The molecule has 5 nitrogen and oxygen atoms in total. The van der Waals surface area contributed by atoms with Crippen molar-refractivity contribution in [3.8, 4) is 5.75 Å². The second-order valence-corrected chi connectivity index (χ2v) is 6.33. The Morgan fingerprint density at radius 3 is 2.33 bits per heavy atom. The number of para-hydroxylation sites is 2. The van der Waals surface area contributed by atoms with Gasteiger partial charge < -0.3 is 19.5 Å². The molecule has 0 spiro atoms. The van der Waals surface area contributed by atoms with Crippen LogP contribution >= 0.6 is 0 Å². The summed E-state index contributed by atoms with van der Waals surface area (Å²) >= 11 is 0. The van der Waals surface area contributed by atoms with Crippen LogP contribution in [-0.4, -0.2) is 35.7 Å². The largest absolute Gasteiger partial charge is 0.495 e. The molecule has 1 aromatic carbocycles. The molecule has 0 radical (unpaired) electrons. The number of urea groups is 1. The van der Waals surface area contributed by atoms with E-state index in [0.29, 0.717) is 17.5 Å². The zero-order valence-corrected chi connectivity index (χ0v) is 14.6. The number of ether oxygens (including phenoxy) is 1. The Kier molecular flexibility index (Phi) is 4.79. The molecule has 2 heterocycles. The fraction of sp³-hybridized carbons (Fsp3) is 0.421. The van der Waals surface area contributed by atoms with Crippen LogP contribution in [0.15, 0.2) is 36.4 Å². The van der Waals surface area contributed by atoms with Gasteiger partial charge in [-0.3, -0.25) is 0 Å². The van der Waals surface area contributed by atoms with Gasteiger partial charge in [0.2, 0.25) is 0 Å². The first-order valence-electron chi connectivity index (χ1n) is 8.43. The van der Waals surface area contributed by atoms with E-state index in [1.807, 2.05) is 29.2 Å². The Hall–Kier alpha value is -2.43. The average Bonchev–Trinajstić information content (AvgIpc) is 2.94. The van der Waals surface area contributed by atoms with Crippen molar-refractivity contribution in [2.24, 2.45) is 0 Å². The van der Waals surface area contributed by atoms with Gasteiger partial charge in [0.15, 0.2) is 0 Å². The summed E-state index contributed by atoms with van der Waals surface area (Å²) in [5.74, 6) is 0.680. The highest BCUT2D eigenvalue weighted by Gasteiger charge is 2.25. The molecule has 0 aliphatic carbocycles. The molecule has 2 amide bonds. The van der Waals surface area contributed by atoms with Gasteiger partial charge in [-0.05, 0) is 51.0 Å². The van der Waals surface area contributed by atoms with Crippen LogP contribution in [-0.2, 0) is 0 Å². The third-order valence-electron chi connectivity index (χ3n) is 4.79. The van der Waals surface area contributed by atoms with E-state index in [4.69, 9.17) is 4.74 Å². The van der Waals surface area contributed by atoms with Crippen molar-refractivity contribution < 1.29 is 9.53 Å². The van der Waals surface area contributed by atoms with Crippen molar-refractivity contribution in [3.63, 3.8) is 0 Å². The molecule has 1 saturated heterocycles. The summed E-state index contributed by atoms with van der Waals surface area (Å²) in [6.07, 6.45) is 1.96. The lowest BCUT2D eigenvalue weighted by atomic mass is 10.0. The number of carbonyl (C=O) groups is 1. The number of aryl methyl sites for hydroxylation is 2. The summed E-state index contributed by atoms with van der Waals surface area (Å²) in [4.78, 5) is 14.4. The molecule has 1 aliphatic heterocycles. The molecule has 0 atom stereocenters. The average molecular weight is 327 g/mol. The smallest absolute Gasteiger partial charge is 0.321 e. The topological polar surface area (TPSA) is 46.5 Å². The lowest BCUT2D eigenvalue weighted by Crippen LogP contribution is -2.41. The van der Waals surface area contributed by atoms with Gasteiger partial charge in [-0.2, -0.15) is 0 Å². The Balaban J connectivity index is 1.61. The predicted molar refractivity (Wildman–Crippen MR) is 95.8 cm³/mol. The van der Waals surface area contributed by atoms with Gasteiger partial charge in [-0.15, -0.1) is 0 Å². The van der Waals surface area contributed by atoms with E-state index in [1.165, 1.54) is 11.4 Å². The van der Waals surface area contributed by atoms with E-state index in [9.17, 15) is 4.79 Å². The minimum Gasteiger partial charge on any atom is -0.495 e. The normalized spacial score (nSPS) is 15.4. The second-order valence-electron chi connectivity index (χ2n) is 6.33. The fourth-order valence-electron chi connectivity index (χ4n) is 3.53. The van der Waals surface area contributed by atoms with E-state index >= 15 is 0 Å². The van der Waals surface area contributed by atoms with E-state index in [2.05, 4.69) is 35.9 Å². The molecule has 0 bridgehead atoms. The van der Waals surface area contributed by atoms with Gasteiger partial charge in [0.1, 0.15) is 5.75 Å². The molecule has 3 rings (SSSR count). The standard InChI is InChI=1S/C19H25N3O2/c1-14-8-9-15(2)22(14)16-10-12-21(13-11-16)19(23)20-17-6-4-5-7-18(17)24-3/h4-9,16H,10-13H2,1-3H3,(H,20,23). The Morgan fingerprint density at radius 2 is 1.71 bits per heavy atom. The molecule has 1 fully saturated rings. The molecular formula is C19H25N3O2. The van der Waals surface area contributed by atoms with Crippen molar-refractivity contribution in [2.45, 2.75) is 32.7 Å². The molecule has 0 unspecified atom stereocenters. The predicted octanol–water partition coefficient (Wildman–Crippen LogP) is 3.98. The summed E-state index contributed by atoms with van der Waals surface area (Å²) < 4.78 is 7.69. The Morgan fingerprint density at radius 1 is 1.08 bits per heavy atom. The highest BCUT2D eigenvalue weighted by molar-refractivity contribution is 5.91. The number of nitrogens with one attached hydrogen (secondary N) is 1. The number of aromatic nitrogens is 1. The van der Waals surface area contributed by atoms with Gasteiger partial charge >= 0.3 is 6.03 Å². The highest BCUT2D eigenvalue weighted by atomic mass is 16.5. The third kappa shape index (κ3) is 3.25. The molecule has 1 aliphatic rings. The Bertz CT molecular complexity index is 696. The number of nitrogens with zero attached hydrogens (tertiary/aromatic N) is 2. The summed E-state index contributed by atoms with van der Waals surface area (Å²) in [5, 5.41) is 2.96. The van der Waals surface area contributed by atoms with Crippen LogP contribution in [0.3, 0.4) is 0 Å². The maximum absolute atomic E-state index is 12.5. The Labute approximate surface area is 143 Å². The highest BCUT2D eigenvalue weighted by Crippen LogP contribution is 2.28. The molecule has 0 saturated carbocycles. The van der Waals surface area contributed by atoms with Crippen LogP contribution in [0.25, 0.3) is 0 Å². The number of hydrogen-bond donors (Lipinski definition) is 1. The van der Waals surface area contributed by atoms with Crippen LogP contribution in [0.1, 0.15) is 30.3 Å². The molecule has 5 heteroatoms. The lowest BCUT2D eigenvalue weighted by molar-refractivity contribution is 0.183. The van der Waals surface area contributed by atoms with Gasteiger partial charge in [0.05, 0.1) is 12.8 Å². The molecule has 128 valence electrons. The number of hydrogen-bond acceptors (Lipinski definition) is 2. The van der Waals surface area contributed by atoms with E-state index < -0.39 is 0 Å². The molecular weight excluding hydrogens is 302 g/mol. The van der Waals surface area contributed by atoms with Gasteiger partial charge in [0, 0.05) is 30.5 Å². The number of rotatable bonds is 3. The van der Waals surface area contributed by atoms with Gasteiger partial charge in [-0.25, -0.2) is 4.79 Å². The maximum atomic E-state index is 12.5. The number of likely N-dealkylation sites (tertiary alicyclic amines) is 1. The summed E-state index contributed by atoms with van der Waals surface area (Å²) in [6, 6.07) is 12.2. The van der Waals surface area contributed by atoms with Crippen molar-refractivity contribution in [3.05, 3.63) is 47.8 Å². The van der Waals surface area contributed by atoms with Crippen LogP contribution < -0.4 is 10.1 Å². The first-order chi connectivity index (χ1) is 11.6. The first kappa shape index (κ1) is 16.4. The molecule has 1 aromatic heterocycles. The van der Waals surface area contributed by atoms with Crippen LogP contribution in [0.2, 0.25) is 0 Å². The fourth-order valence-corrected chi connectivity index (χ4v) is 3.53. The zero-order chi connectivity index (χ0) is 17.1. The monoisotopic (exact) mass is 327 g/mol. The van der Waals surface area contributed by atoms with Crippen molar-refractivity contribution in [2.75, 3.05) is 25.5 Å². The minimum atomic E-state index is -0.0566. The summed E-state index contributed by atoms with van der Waals surface area (Å²) in [5.41, 5.74) is 3.30. The molecule has 1 N–H and O–H groups in total. The zero-order valence-electron chi connectivity index (χ0n) is 14.6. The number of benzene rings is 1. The van der Waals surface area contributed by atoms with Crippen molar-refractivity contribution in [1.82, 2.24) is 9.47 Å². The molecule has 2 aromatic rings. The van der Waals surface area contributed by atoms with Crippen molar-refractivity contribution >= 4 is 11.7 Å². The lowest BCUT2D eigenvalue weighted by Gasteiger charge is -2.34. The summed E-state index contributed by atoms with van der Waals surface area (Å²) in [7, 11) is 1.61. The molecule has 24 heavy (non-hydrogen) atoms. The van der Waals surface area contributed by atoms with Crippen LogP contribution in [0.4, 0.5) is 10.5 Å². The van der Waals surface area contributed by atoms with E-state index in [-0.39, 0.29) is 6.03 Å². The maximum Gasteiger partial charge on any atom is 0.321 e. The first-order valence-corrected chi connectivity index (χ1v) is 8.43. The second kappa shape index (κ2) is 6.99. The summed E-state index contributed by atoms with van der Waals surface area (Å²) in [6.45, 7) is 5.83. The van der Waals surface area contributed by atoms with E-state index in [1.54, 1.807) is 7.11 Å². The number of anilines is 1. The van der Waals surface area contributed by atoms with Gasteiger partial charge in [-0.1, -0.05) is 12.1 Å².